The number of hydrogen-bond donors (Lipinski definition) is 1. The molecule has 0 aromatic carbocycles. The van der Waals surface area contributed by atoms with Crippen LogP contribution in [0.15, 0.2) is 17.6 Å². The number of hydrogen-bond acceptors (Lipinski definition) is 5. The second kappa shape index (κ2) is 7.03. The lowest BCUT2D eigenvalue weighted by molar-refractivity contribution is -0.136. The lowest BCUT2D eigenvalue weighted by atomic mass is 10.2. The summed E-state index contributed by atoms with van der Waals surface area (Å²) < 4.78 is 40.3. The molecule has 0 saturated carbocycles. The highest BCUT2D eigenvalue weighted by molar-refractivity contribution is 7.18. The fraction of sp³-hybridized carbons (Fsp3) is 0.556. The number of fused-ring (bicyclic) bond motifs is 3. The first kappa shape index (κ1) is 18.6. The zero-order valence-electron chi connectivity index (χ0n) is 14.9. The Bertz CT molecular complexity index is 949. The first-order valence-corrected chi connectivity index (χ1v) is 9.92. The molecule has 1 fully saturated rings. The van der Waals surface area contributed by atoms with Crippen LogP contribution in [-0.2, 0) is 0 Å². The van der Waals surface area contributed by atoms with Gasteiger partial charge in [0.2, 0.25) is 0 Å². The van der Waals surface area contributed by atoms with E-state index in [-0.39, 0.29) is 12.5 Å². The van der Waals surface area contributed by atoms with E-state index in [4.69, 9.17) is 0 Å². The number of halogens is 3. The van der Waals surface area contributed by atoms with Crippen LogP contribution in [0.25, 0.3) is 21.3 Å². The normalized spacial score (nSPS) is 20.1. The molecule has 3 aromatic rings. The zero-order valence-corrected chi connectivity index (χ0v) is 15.7. The molecule has 4 heterocycles. The summed E-state index contributed by atoms with van der Waals surface area (Å²) in [5, 5.41) is 12.2. The zero-order chi connectivity index (χ0) is 19.2. The van der Waals surface area contributed by atoms with Gasteiger partial charge in [-0.05, 0) is 37.8 Å². The second-order valence-corrected chi connectivity index (χ2v) is 8.02. The summed E-state index contributed by atoms with van der Waals surface area (Å²) in [6.45, 7) is 3.54. The summed E-state index contributed by atoms with van der Waals surface area (Å²) in [6.07, 6.45) is -2.91. The molecule has 146 valence electrons. The van der Waals surface area contributed by atoms with Crippen LogP contribution in [-0.4, -0.2) is 50.4 Å². The number of aliphatic hydroxyl groups excluding tert-OH is 1. The molecular weight excluding hydrogens is 377 g/mol. The van der Waals surface area contributed by atoms with Crippen molar-refractivity contribution >= 4 is 32.6 Å². The number of alkyl halides is 3. The van der Waals surface area contributed by atoms with Crippen molar-refractivity contribution in [2.24, 2.45) is 0 Å². The molecule has 1 aliphatic rings. The SMILES string of the molecule is CC(O)c1nc2cnc3ccsc3c2n1C1CCN(CCCC(F)(F)F)C1. The topological polar surface area (TPSA) is 54.2 Å². The smallest absolute Gasteiger partial charge is 0.385 e. The molecule has 0 bridgehead atoms. The number of nitrogens with zero attached hydrogens (tertiary/aromatic N) is 4. The fourth-order valence-electron chi connectivity index (χ4n) is 3.89. The van der Waals surface area contributed by atoms with Gasteiger partial charge in [-0.1, -0.05) is 0 Å². The molecule has 0 aliphatic carbocycles. The number of imidazole rings is 1. The summed E-state index contributed by atoms with van der Waals surface area (Å²) in [5.74, 6) is 0.592. The van der Waals surface area contributed by atoms with Crippen molar-refractivity contribution in [2.75, 3.05) is 19.6 Å². The van der Waals surface area contributed by atoms with E-state index in [1.165, 1.54) is 0 Å². The number of likely N-dealkylation sites (tertiary alicyclic amines) is 1. The maximum Gasteiger partial charge on any atom is 0.389 e. The van der Waals surface area contributed by atoms with Crippen LogP contribution in [0.3, 0.4) is 0 Å². The van der Waals surface area contributed by atoms with Crippen molar-refractivity contribution in [1.29, 1.82) is 0 Å². The van der Waals surface area contributed by atoms with Gasteiger partial charge in [-0.25, -0.2) is 4.98 Å². The first-order valence-electron chi connectivity index (χ1n) is 9.04. The van der Waals surface area contributed by atoms with Gasteiger partial charge in [-0.3, -0.25) is 4.98 Å². The molecule has 2 atom stereocenters. The molecule has 2 unspecified atom stereocenters. The van der Waals surface area contributed by atoms with Gasteiger partial charge in [0.1, 0.15) is 17.4 Å². The van der Waals surface area contributed by atoms with E-state index >= 15 is 0 Å². The standard InChI is InChI=1S/C18H21F3N4OS/c1-11(26)17-23-14-9-22-13-4-8-27-16(13)15(14)25(17)12-3-7-24(10-12)6-2-5-18(19,20)21/h4,8-9,11-12,26H,2-3,5-7,10H2,1H3. The van der Waals surface area contributed by atoms with E-state index in [9.17, 15) is 18.3 Å². The summed E-state index contributed by atoms with van der Waals surface area (Å²) in [5.41, 5.74) is 2.61. The number of aliphatic hydroxyl groups is 1. The largest absolute Gasteiger partial charge is 0.389 e. The number of rotatable bonds is 5. The molecule has 0 radical (unpaired) electrons. The van der Waals surface area contributed by atoms with Crippen LogP contribution < -0.4 is 0 Å². The maximum atomic E-state index is 12.4. The van der Waals surface area contributed by atoms with Gasteiger partial charge in [0.25, 0.3) is 0 Å². The minimum Gasteiger partial charge on any atom is -0.385 e. The molecule has 4 rings (SSSR count). The third-order valence-corrected chi connectivity index (χ3v) is 5.98. The highest BCUT2D eigenvalue weighted by atomic mass is 32.1. The van der Waals surface area contributed by atoms with Crippen molar-refractivity contribution in [3.05, 3.63) is 23.5 Å². The molecular formula is C18H21F3N4OS. The molecule has 9 heteroatoms. The lowest BCUT2D eigenvalue weighted by Gasteiger charge is -2.20. The highest BCUT2D eigenvalue weighted by Gasteiger charge is 2.31. The molecule has 1 saturated heterocycles. The quantitative estimate of drug-likeness (QED) is 0.697. The monoisotopic (exact) mass is 398 g/mol. The Morgan fingerprint density at radius 1 is 1.37 bits per heavy atom. The Hall–Kier alpha value is -1.71. The van der Waals surface area contributed by atoms with Crippen molar-refractivity contribution in [3.63, 3.8) is 0 Å². The lowest BCUT2D eigenvalue weighted by Crippen LogP contribution is -2.24. The second-order valence-electron chi connectivity index (χ2n) is 7.10. The Balaban J connectivity index is 1.63. The third-order valence-electron chi connectivity index (χ3n) is 5.07. The first-order chi connectivity index (χ1) is 12.8. The van der Waals surface area contributed by atoms with Gasteiger partial charge in [0, 0.05) is 25.6 Å². The van der Waals surface area contributed by atoms with E-state index in [0.717, 1.165) is 34.2 Å². The average molecular weight is 398 g/mol. The van der Waals surface area contributed by atoms with Gasteiger partial charge in [0.15, 0.2) is 0 Å². The molecule has 0 amide bonds. The Kier molecular flexibility index (Phi) is 4.85. The van der Waals surface area contributed by atoms with Gasteiger partial charge in [-0.15, -0.1) is 11.3 Å². The van der Waals surface area contributed by atoms with Gasteiger partial charge < -0.3 is 14.6 Å². The van der Waals surface area contributed by atoms with Gasteiger partial charge >= 0.3 is 6.18 Å². The van der Waals surface area contributed by atoms with Crippen LogP contribution in [0.5, 0.6) is 0 Å². The summed E-state index contributed by atoms with van der Waals surface area (Å²) in [4.78, 5) is 11.1. The van der Waals surface area contributed by atoms with Crippen molar-refractivity contribution in [2.45, 2.75) is 44.5 Å². The van der Waals surface area contributed by atoms with Crippen molar-refractivity contribution in [3.8, 4) is 0 Å². The van der Waals surface area contributed by atoms with Crippen molar-refractivity contribution in [1.82, 2.24) is 19.4 Å². The average Bonchev–Trinajstić information content (AvgIpc) is 3.29. The predicted octanol–water partition coefficient (Wildman–Crippen LogP) is 4.29. The molecule has 1 N–H and O–H groups in total. The van der Waals surface area contributed by atoms with E-state index in [2.05, 4.69) is 19.4 Å². The fourth-order valence-corrected chi connectivity index (χ4v) is 4.78. The van der Waals surface area contributed by atoms with Crippen LogP contribution in [0.4, 0.5) is 13.2 Å². The van der Waals surface area contributed by atoms with E-state index in [1.54, 1.807) is 24.5 Å². The predicted molar refractivity (Wildman–Crippen MR) is 98.9 cm³/mol. The molecule has 1 aliphatic heterocycles. The van der Waals surface area contributed by atoms with Crippen LogP contribution in [0, 0.1) is 0 Å². The highest BCUT2D eigenvalue weighted by Crippen LogP contribution is 2.35. The summed E-state index contributed by atoms with van der Waals surface area (Å²) in [7, 11) is 0. The minimum absolute atomic E-state index is 0.0817. The van der Waals surface area contributed by atoms with E-state index < -0.39 is 18.7 Å². The summed E-state index contributed by atoms with van der Waals surface area (Å²) >= 11 is 1.59. The Labute approximate surface area is 158 Å². The van der Waals surface area contributed by atoms with Crippen LogP contribution >= 0.6 is 11.3 Å². The molecule has 0 spiro atoms. The van der Waals surface area contributed by atoms with Gasteiger partial charge in [-0.2, -0.15) is 13.2 Å². The number of thiophene rings is 1. The molecule has 27 heavy (non-hydrogen) atoms. The minimum atomic E-state index is -4.10. The van der Waals surface area contributed by atoms with E-state index in [1.807, 2.05) is 11.4 Å². The Morgan fingerprint density at radius 3 is 2.93 bits per heavy atom. The van der Waals surface area contributed by atoms with Crippen LogP contribution in [0.2, 0.25) is 0 Å². The van der Waals surface area contributed by atoms with E-state index in [0.29, 0.717) is 18.9 Å². The van der Waals surface area contributed by atoms with Crippen LogP contribution in [0.1, 0.15) is 44.2 Å². The Morgan fingerprint density at radius 2 is 2.19 bits per heavy atom. The molecule has 3 aromatic heterocycles. The number of pyridine rings is 1. The third kappa shape index (κ3) is 3.68. The summed E-state index contributed by atoms with van der Waals surface area (Å²) in [6, 6.07) is 2.04. The van der Waals surface area contributed by atoms with Gasteiger partial charge in [0.05, 0.1) is 21.9 Å². The maximum absolute atomic E-state index is 12.4. The molecule has 5 nitrogen and oxygen atoms in total. The van der Waals surface area contributed by atoms with Crippen molar-refractivity contribution < 1.29 is 18.3 Å². The number of aromatic nitrogens is 3.